The van der Waals surface area contributed by atoms with Gasteiger partial charge in [0.2, 0.25) is 5.91 Å². The third-order valence-corrected chi connectivity index (χ3v) is 2.86. The van der Waals surface area contributed by atoms with Crippen LogP contribution in [-0.4, -0.2) is 42.0 Å². The molecular formula is C12H18N4O. The van der Waals surface area contributed by atoms with Crippen molar-refractivity contribution in [1.29, 1.82) is 0 Å². The van der Waals surface area contributed by atoms with E-state index in [1.807, 2.05) is 32.2 Å². The largest absolute Gasteiger partial charge is 0.370 e. The molecule has 0 radical (unpaired) electrons. The second-order valence-corrected chi connectivity index (χ2v) is 4.18. The Labute approximate surface area is 101 Å². The summed E-state index contributed by atoms with van der Waals surface area (Å²) in [5.41, 5.74) is 0. The first kappa shape index (κ1) is 11.7. The Kier molecular flexibility index (Phi) is 3.46. The van der Waals surface area contributed by atoms with Crippen molar-refractivity contribution in [3.8, 4) is 0 Å². The van der Waals surface area contributed by atoms with Crippen LogP contribution in [0, 0.1) is 0 Å². The van der Waals surface area contributed by atoms with Gasteiger partial charge >= 0.3 is 0 Å². The van der Waals surface area contributed by atoms with Crippen LogP contribution < -0.4 is 10.6 Å². The van der Waals surface area contributed by atoms with Gasteiger partial charge in [0, 0.05) is 20.1 Å². The molecule has 2 N–H and O–H groups in total. The first-order valence-electron chi connectivity index (χ1n) is 5.93. The highest BCUT2D eigenvalue weighted by Gasteiger charge is 2.28. The predicted molar refractivity (Wildman–Crippen MR) is 68.1 cm³/mol. The highest BCUT2D eigenvalue weighted by molar-refractivity contribution is 5.86. The van der Waals surface area contributed by atoms with Gasteiger partial charge in [0.1, 0.15) is 17.7 Å². The lowest BCUT2D eigenvalue weighted by atomic mass is 10.2. The summed E-state index contributed by atoms with van der Waals surface area (Å²) in [6.07, 6.45) is 0.836. The van der Waals surface area contributed by atoms with Gasteiger partial charge in [0.25, 0.3) is 0 Å². The zero-order chi connectivity index (χ0) is 12.3. The molecule has 2 heterocycles. The number of rotatable bonds is 4. The molecule has 92 valence electrons. The summed E-state index contributed by atoms with van der Waals surface area (Å²) in [5, 5.41) is 6.32. The van der Waals surface area contributed by atoms with Crippen LogP contribution in [0.15, 0.2) is 18.2 Å². The Morgan fingerprint density at radius 3 is 2.88 bits per heavy atom. The number of likely N-dealkylation sites (N-methyl/N-ethyl adjacent to an activating group) is 1. The van der Waals surface area contributed by atoms with E-state index in [2.05, 4.69) is 15.6 Å². The molecule has 0 spiro atoms. The normalized spacial score (nSPS) is 19.5. The van der Waals surface area contributed by atoms with Gasteiger partial charge in [-0.15, -0.1) is 0 Å². The number of nitrogens with zero attached hydrogens (tertiary/aromatic N) is 2. The van der Waals surface area contributed by atoms with E-state index in [0.717, 1.165) is 31.1 Å². The van der Waals surface area contributed by atoms with Crippen LogP contribution in [0.2, 0.25) is 0 Å². The van der Waals surface area contributed by atoms with Crippen molar-refractivity contribution in [2.45, 2.75) is 19.4 Å². The van der Waals surface area contributed by atoms with Crippen LogP contribution in [0.3, 0.4) is 0 Å². The van der Waals surface area contributed by atoms with E-state index in [4.69, 9.17) is 0 Å². The third-order valence-electron chi connectivity index (χ3n) is 2.86. The number of hydrogen-bond donors (Lipinski definition) is 2. The van der Waals surface area contributed by atoms with Gasteiger partial charge in [-0.2, -0.15) is 0 Å². The van der Waals surface area contributed by atoms with Crippen molar-refractivity contribution in [3.05, 3.63) is 18.2 Å². The standard InChI is InChI=1S/C12H18N4O/c1-3-13-10-5-4-6-11(15-10)14-9-7-8-16(2)12(9)17/h4-6,9H,3,7-8H2,1-2H3,(H2,13,14,15). The smallest absolute Gasteiger partial charge is 0.244 e. The van der Waals surface area contributed by atoms with Gasteiger partial charge in [-0.1, -0.05) is 6.07 Å². The Balaban J connectivity index is 2.03. The van der Waals surface area contributed by atoms with Gasteiger partial charge in [-0.3, -0.25) is 4.79 Å². The minimum absolute atomic E-state index is 0.135. The molecule has 1 fully saturated rings. The first-order valence-corrected chi connectivity index (χ1v) is 5.93. The summed E-state index contributed by atoms with van der Waals surface area (Å²) in [6, 6.07) is 5.59. The van der Waals surface area contributed by atoms with Crippen molar-refractivity contribution in [2.24, 2.45) is 0 Å². The first-order chi connectivity index (χ1) is 8.20. The third kappa shape index (κ3) is 2.67. The molecule has 0 bridgehead atoms. The summed E-state index contributed by atoms with van der Waals surface area (Å²) in [6.45, 7) is 3.67. The zero-order valence-electron chi connectivity index (χ0n) is 10.2. The van der Waals surface area contributed by atoms with Crippen LogP contribution in [0.1, 0.15) is 13.3 Å². The molecule has 5 heteroatoms. The minimum Gasteiger partial charge on any atom is -0.370 e. The van der Waals surface area contributed by atoms with Gasteiger partial charge in [0.05, 0.1) is 0 Å². The number of amides is 1. The Morgan fingerprint density at radius 1 is 1.47 bits per heavy atom. The molecule has 1 aromatic rings. The van der Waals surface area contributed by atoms with Crippen LogP contribution >= 0.6 is 0 Å². The van der Waals surface area contributed by atoms with Gasteiger partial charge in [-0.05, 0) is 25.5 Å². The van der Waals surface area contributed by atoms with E-state index in [1.165, 1.54) is 0 Å². The molecule has 0 aromatic carbocycles. The van der Waals surface area contributed by atoms with Crippen molar-refractivity contribution >= 4 is 17.5 Å². The van der Waals surface area contributed by atoms with Crippen LogP contribution in [0.25, 0.3) is 0 Å². The zero-order valence-corrected chi connectivity index (χ0v) is 10.2. The maximum Gasteiger partial charge on any atom is 0.244 e. The molecule has 1 aliphatic heterocycles. The number of pyridine rings is 1. The predicted octanol–water partition coefficient (Wildman–Crippen LogP) is 1.16. The molecule has 2 rings (SSSR count). The van der Waals surface area contributed by atoms with E-state index in [0.29, 0.717) is 0 Å². The van der Waals surface area contributed by atoms with Crippen molar-refractivity contribution in [1.82, 2.24) is 9.88 Å². The summed E-state index contributed by atoms with van der Waals surface area (Å²) >= 11 is 0. The quantitative estimate of drug-likeness (QED) is 0.820. The van der Waals surface area contributed by atoms with Crippen molar-refractivity contribution in [2.75, 3.05) is 30.8 Å². The summed E-state index contributed by atoms with van der Waals surface area (Å²) in [5.74, 6) is 1.72. The molecule has 0 saturated carbocycles. The fourth-order valence-corrected chi connectivity index (χ4v) is 1.93. The topological polar surface area (TPSA) is 57.3 Å². The number of carbonyl (C=O) groups is 1. The Hall–Kier alpha value is -1.78. The summed E-state index contributed by atoms with van der Waals surface area (Å²) < 4.78 is 0. The SMILES string of the molecule is CCNc1cccc(NC2CCN(C)C2=O)n1. The molecule has 1 unspecified atom stereocenters. The number of nitrogens with one attached hydrogen (secondary N) is 2. The van der Waals surface area contributed by atoms with E-state index in [-0.39, 0.29) is 11.9 Å². The average Bonchev–Trinajstić information content (AvgIpc) is 2.62. The van der Waals surface area contributed by atoms with Gasteiger partial charge in [0.15, 0.2) is 0 Å². The molecule has 1 atom stereocenters. The number of hydrogen-bond acceptors (Lipinski definition) is 4. The molecule has 1 aromatic heterocycles. The summed E-state index contributed by atoms with van der Waals surface area (Å²) in [7, 11) is 1.83. The van der Waals surface area contributed by atoms with Crippen LogP contribution in [0.5, 0.6) is 0 Å². The van der Waals surface area contributed by atoms with E-state index >= 15 is 0 Å². The molecule has 1 aliphatic rings. The number of likely N-dealkylation sites (tertiary alicyclic amines) is 1. The fraction of sp³-hybridized carbons (Fsp3) is 0.500. The average molecular weight is 234 g/mol. The highest BCUT2D eigenvalue weighted by Crippen LogP contribution is 2.15. The number of anilines is 2. The molecule has 17 heavy (non-hydrogen) atoms. The number of aromatic nitrogens is 1. The minimum atomic E-state index is -0.135. The van der Waals surface area contributed by atoms with Crippen molar-refractivity contribution < 1.29 is 4.79 Å². The molecule has 5 nitrogen and oxygen atoms in total. The molecule has 0 aliphatic carbocycles. The number of carbonyl (C=O) groups excluding carboxylic acids is 1. The monoisotopic (exact) mass is 234 g/mol. The van der Waals surface area contributed by atoms with E-state index in [1.54, 1.807) is 4.90 Å². The maximum absolute atomic E-state index is 11.7. The Morgan fingerprint density at radius 2 is 2.24 bits per heavy atom. The lowest BCUT2D eigenvalue weighted by Crippen LogP contribution is -2.31. The second kappa shape index (κ2) is 5.03. The maximum atomic E-state index is 11.7. The fourth-order valence-electron chi connectivity index (χ4n) is 1.93. The molecule has 1 saturated heterocycles. The van der Waals surface area contributed by atoms with Crippen LogP contribution in [0.4, 0.5) is 11.6 Å². The van der Waals surface area contributed by atoms with E-state index < -0.39 is 0 Å². The van der Waals surface area contributed by atoms with Crippen molar-refractivity contribution in [3.63, 3.8) is 0 Å². The molecular weight excluding hydrogens is 216 g/mol. The lowest BCUT2D eigenvalue weighted by molar-refractivity contribution is -0.127. The lowest BCUT2D eigenvalue weighted by Gasteiger charge is -2.13. The van der Waals surface area contributed by atoms with Crippen LogP contribution in [-0.2, 0) is 4.79 Å². The van der Waals surface area contributed by atoms with Gasteiger partial charge in [-0.25, -0.2) is 4.98 Å². The van der Waals surface area contributed by atoms with E-state index in [9.17, 15) is 4.79 Å². The Bertz CT molecular complexity index is 407. The highest BCUT2D eigenvalue weighted by atomic mass is 16.2. The van der Waals surface area contributed by atoms with Gasteiger partial charge < -0.3 is 15.5 Å². The second-order valence-electron chi connectivity index (χ2n) is 4.18. The summed E-state index contributed by atoms with van der Waals surface area (Å²) in [4.78, 5) is 17.9. The molecule has 1 amide bonds.